The Morgan fingerprint density at radius 3 is 2.42 bits per heavy atom. The van der Waals surface area contributed by atoms with Crippen molar-refractivity contribution in [1.29, 1.82) is 0 Å². The van der Waals surface area contributed by atoms with Crippen molar-refractivity contribution in [2.24, 2.45) is 23.7 Å². The highest BCUT2D eigenvalue weighted by atomic mass is 32.1. The number of esters is 1. The molecule has 2 aromatic rings. The molecule has 3 aliphatic rings. The van der Waals surface area contributed by atoms with Crippen molar-refractivity contribution in [3.63, 3.8) is 0 Å². The highest BCUT2D eigenvalue weighted by Crippen LogP contribution is 2.53. The Bertz CT molecular complexity index is 918. The number of ether oxygens (including phenoxy) is 1. The first-order valence-electron chi connectivity index (χ1n) is 8.55. The molecule has 1 saturated carbocycles. The van der Waals surface area contributed by atoms with Gasteiger partial charge in [-0.25, -0.2) is 9.69 Å². The third-order valence-electron chi connectivity index (χ3n) is 5.48. The molecule has 2 heterocycles. The third kappa shape index (κ3) is 2.18. The summed E-state index contributed by atoms with van der Waals surface area (Å²) in [5.74, 6) is -0.547. The van der Waals surface area contributed by atoms with E-state index in [0.717, 1.165) is 6.42 Å². The molecular formula is C20H15NO4S. The minimum atomic E-state index is -0.449. The average Bonchev–Trinajstić information content (AvgIpc) is 3.39. The quantitative estimate of drug-likeness (QED) is 0.362. The standard InChI is InChI=1S/C20H15NO4S/c22-18-16-11-6-7-12(9-11)17(16)19(23)21(18)13-3-1-4-14(10-13)25-20(24)15-5-2-8-26-15/h1-8,10-12,16-17H,9H2/t11-,12+,16-,17-/m0/s1. The summed E-state index contributed by atoms with van der Waals surface area (Å²) in [6.45, 7) is 0. The molecule has 130 valence electrons. The monoisotopic (exact) mass is 365 g/mol. The molecule has 2 fully saturated rings. The van der Waals surface area contributed by atoms with Crippen LogP contribution in [0.3, 0.4) is 0 Å². The van der Waals surface area contributed by atoms with Crippen molar-refractivity contribution in [1.82, 2.24) is 0 Å². The van der Waals surface area contributed by atoms with E-state index in [2.05, 4.69) is 12.2 Å². The first kappa shape index (κ1) is 15.5. The van der Waals surface area contributed by atoms with Gasteiger partial charge in [0.2, 0.25) is 11.8 Å². The van der Waals surface area contributed by atoms with Gasteiger partial charge >= 0.3 is 5.97 Å². The van der Waals surface area contributed by atoms with E-state index in [1.54, 1.807) is 41.8 Å². The number of hydrogen-bond donors (Lipinski definition) is 0. The number of nitrogens with zero attached hydrogens (tertiary/aromatic N) is 1. The van der Waals surface area contributed by atoms with Gasteiger partial charge in [-0.3, -0.25) is 9.59 Å². The van der Waals surface area contributed by atoms with Crippen LogP contribution in [0.4, 0.5) is 5.69 Å². The minimum absolute atomic E-state index is 0.140. The van der Waals surface area contributed by atoms with E-state index >= 15 is 0 Å². The van der Waals surface area contributed by atoms with Crippen LogP contribution in [0, 0.1) is 23.7 Å². The van der Waals surface area contributed by atoms with Gasteiger partial charge in [-0.1, -0.05) is 24.3 Å². The Balaban J connectivity index is 1.42. The summed E-state index contributed by atoms with van der Waals surface area (Å²) in [5, 5.41) is 1.80. The highest BCUT2D eigenvalue weighted by Gasteiger charge is 2.59. The van der Waals surface area contributed by atoms with Crippen molar-refractivity contribution in [3.8, 4) is 5.75 Å². The summed E-state index contributed by atoms with van der Waals surface area (Å²) in [4.78, 5) is 39.6. The summed E-state index contributed by atoms with van der Waals surface area (Å²) >= 11 is 1.30. The van der Waals surface area contributed by atoms with Crippen LogP contribution in [0.5, 0.6) is 5.75 Å². The van der Waals surface area contributed by atoms with Gasteiger partial charge in [0, 0.05) is 6.07 Å². The molecule has 2 bridgehead atoms. The number of benzene rings is 1. The van der Waals surface area contributed by atoms with Gasteiger partial charge in [-0.2, -0.15) is 0 Å². The number of thiophene rings is 1. The Morgan fingerprint density at radius 1 is 1.04 bits per heavy atom. The van der Waals surface area contributed by atoms with Crippen molar-refractivity contribution in [3.05, 3.63) is 58.8 Å². The number of amides is 2. The topological polar surface area (TPSA) is 63.7 Å². The normalized spacial score (nSPS) is 28.7. The maximum atomic E-state index is 12.9. The molecule has 0 unspecified atom stereocenters. The summed E-state index contributed by atoms with van der Waals surface area (Å²) in [7, 11) is 0. The number of rotatable bonds is 3. The molecule has 2 amide bonds. The predicted molar refractivity (Wildman–Crippen MR) is 95.9 cm³/mol. The molecule has 1 saturated heterocycles. The molecule has 4 atom stereocenters. The molecule has 2 aliphatic carbocycles. The molecule has 0 N–H and O–H groups in total. The lowest BCUT2D eigenvalue weighted by Gasteiger charge is -2.17. The fourth-order valence-corrected chi connectivity index (χ4v) is 4.99. The molecule has 5 rings (SSSR count). The van der Waals surface area contributed by atoms with Crippen LogP contribution in [0.25, 0.3) is 0 Å². The van der Waals surface area contributed by atoms with E-state index in [1.165, 1.54) is 16.2 Å². The van der Waals surface area contributed by atoms with Gasteiger partial charge in [-0.05, 0) is 41.8 Å². The number of anilines is 1. The molecule has 1 aromatic heterocycles. The van der Waals surface area contributed by atoms with Crippen molar-refractivity contribution >= 4 is 34.8 Å². The summed E-state index contributed by atoms with van der Waals surface area (Å²) in [6.07, 6.45) is 5.04. The van der Waals surface area contributed by atoms with Crippen LogP contribution >= 0.6 is 11.3 Å². The molecule has 26 heavy (non-hydrogen) atoms. The van der Waals surface area contributed by atoms with Crippen LogP contribution in [0.2, 0.25) is 0 Å². The first-order chi connectivity index (χ1) is 12.6. The van der Waals surface area contributed by atoms with E-state index in [1.807, 2.05) is 0 Å². The van der Waals surface area contributed by atoms with Crippen molar-refractivity contribution in [2.75, 3.05) is 4.90 Å². The fourth-order valence-electron chi connectivity index (χ4n) is 4.39. The molecule has 1 aliphatic heterocycles. The van der Waals surface area contributed by atoms with Crippen molar-refractivity contribution < 1.29 is 19.1 Å². The predicted octanol–water partition coefficient (Wildman–Crippen LogP) is 3.28. The van der Waals surface area contributed by atoms with Gasteiger partial charge < -0.3 is 4.74 Å². The fraction of sp³-hybridized carbons (Fsp3) is 0.250. The van der Waals surface area contributed by atoms with E-state index in [-0.39, 0.29) is 35.5 Å². The summed E-state index contributed by atoms with van der Waals surface area (Å²) in [5.41, 5.74) is 0.463. The van der Waals surface area contributed by atoms with Gasteiger partial charge in [0.1, 0.15) is 10.6 Å². The van der Waals surface area contributed by atoms with Crippen LogP contribution < -0.4 is 9.64 Å². The van der Waals surface area contributed by atoms with Gasteiger partial charge in [0.15, 0.2) is 0 Å². The molecule has 0 radical (unpaired) electrons. The Kier molecular flexibility index (Phi) is 3.37. The Labute approximate surface area is 153 Å². The smallest absolute Gasteiger partial charge is 0.353 e. The third-order valence-corrected chi connectivity index (χ3v) is 6.33. The zero-order valence-electron chi connectivity index (χ0n) is 13.7. The zero-order valence-corrected chi connectivity index (χ0v) is 14.5. The van der Waals surface area contributed by atoms with Crippen LogP contribution in [0.15, 0.2) is 53.9 Å². The number of hydrogen-bond acceptors (Lipinski definition) is 5. The van der Waals surface area contributed by atoms with E-state index < -0.39 is 5.97 Å². The summed E-state index contributed by atoms with van der Waals surface area (Å²) in [6, 6.07) is 10.1. The van der Waals surface area contributed by atoms with E-state index in [9.17, 15) is 14.4 Å². The molecular weight excluding hydrogens is 350 g/mol. The average molecular weight is 365 g/mol. The maximum absolute atomic E-state index is 12.9. The number of allylic oxidation sites excluding steroid dienone is 2. The molecule has 1 aromatic carbocycles. The maximum Gasteiger partial charge on any atom is 0.353 e. The SMILES string of the molecule is O=C(Oc1cccc(N2C(=O)[C@@H]3[C@@H](C2=O)[C@H]2C=C[C@@H]3C2)c1)c1cccs1. The first-order valence-corrected chi connectivity index (χ1v) is 9.43. The number of carbonyl (C=O) groups is 3. The number of carbonyl (C=O) groups excluding carboxylic acids is 3. The van der Waals surface area contributed by atoms with Gasteiger partial charge in [-0.15, -0.1) is 11.3 Å². The Hall–Kier alpha value is -2.73. The number of imide groups is 1. The highest BCUT2D eigenvalue weighted by molar-refractivity contribution is 7.12. The largest absolute Gasteiger partial charge is 0.422 e. The van der Waals surface area contributed by atoms with Gasteiger partial charge in [0.25, 0.3) is 0 Å². The van der Waals surface area contributed by atoms with Crippen LogP contribution in [-0.4, -0.2) is 17.8 Å². The molecule has 5 nitrogen and oxygen atoms in total. The van der Waals surface area contributed by atoms with Crippen LogP contribution in [0.1, 0.15) is 16.1 Å². The van der Waals surface area contributed by atoms with Crippen LogP contribution in [-0.2, 0) is 9.59 Å². The molecule has 0 spiro atoms. The van der Waals surface area contributed by atoms with Gasteiger partial charge in [0.05, 0.1) is 17.5 Å². The van der Waals surface area contributed by atoms with Crippen molar-refractivity contribution in [2.45, 2.75) is 6.42 Å². The second kappa shape index (κ2) is 5.64. The molecule has 6 heteroatoms. The lowest BCUT2D eigenvalue weighted by molar-refractivity contribution is -0.123. The minimum Gasteiger partial charge on any atom is -0.422 e. The summed E-state index contributed by atoms with van der Waals surface area (Å²) < 4.78 is 5.39. The van der Waals surface area contributed by atoms with E-state index in [4.69, 9.17) is 4.74 Å². The lowest BCUT2D eigenvalue weighted by atomic mass is 9.85. The lowest BCUT2D eigenvalue weighted by Crippen LogP contribution is -2.32. The number of fused-ring (bicyclic) bond motifs is 5. The second-order valence-electron chi connectivity index (χ2n) is 6.88. The van der Waals surface area contributed by atoms with E-state index in [0.29, 0.717) is 16.3 Å². The second-order valence-corrected chi connectivity index (χ2v) is 7.82. The zero-order chi connectivity index (χ0) is 17.8. The Morgan fingerprint density at radius 2 is 1.77 bits per heavy atom.